The maximum atomic E-state index is 11.8. The number of piperazine rings is 1. The third-order valence-corrected chi connectivity index (χ3v) is 3.23. The molecule has 1 amide bonds. The Morgan fingerprint density at radius 2 is 1.95 bits per heavy atom. The van der Waals surface area contributed by atoms with Crippen molar-refractivity contribution in [1.29, 1.82) is 0 Å². The Labute approximate surface area is 117 Å². The maximum absolute atomic E-state index is 11.8. The first-order valence-electron chi connectivity index (χ1n) is 6.62. The third kappa shape index (κ3) is 4.29. The van der Waals surface area contributed by atoms with Crippen LogP contribution >= 0.6 is 0 Å². The van der Waals surface area contributed by atoms with Gasteiger partial charge < -0.3 is 15.5 Å². The van der Waals surface area contributed by atoms with Crippen LogP contribution < -0.4 is 10.6 Å². The molecule has 108 valence electrons. The van der Waals surface area contributed by atoms with Crippen molar-refractivity contribution in [3.63, 3.8) is 0 Å². The van der Waals surface area contributed by atoms with Crippen LogP contribution in [0, 0.1) is 10.1 Å². The lowest BCUT2D eigenvalue weighted by molar-refractivity contribution is -0.384. The molecule has 1 fully saturated rings. The predicted molar refractivity (Wildman–Crippen MR) is 75.7 cm³/mol. The maximum Gasteiger partial charge on any atom is 0.269 e. The summed E-state index contributed by atoms with van der Waals surface area (Å²) in [5.41, 5.74) is 0.602. The fourth-order valence-electron chi connectivity index (χ4n) is 2.08. The summed E-state index contributed by atoms with van der Waals surface area (Å²) in [6.45, 7) is 4.59. The molecule has 7 heteroatoms. The van der Waals surface area contributed by atoms with Crippen LogP contribution in [0.3, 0.4) is 0 Å². The molecule has 2 N–H and O–H groups in total. The highest BCUT2D eigenvalue weighted by molar-refractivity contribution is 5.90. The van der Waals surface area contributed by atoms with Crippen molar-refractivity contribution in [3.05, 3.63) is 34.4 Å². The standard InChI is InChI=1S/C13H18N4O3/c18-13(5-8-16-9-6-14-7-10-16)15-11-1-3-12(4-2-11)17(19)20/h1-4,14H,5-10H2,(H,15,18). The first-order chi connectivity index (χ1) is 9.65. The van der Waals surface area contributed by atoms with Gasteiger partial charge in [-0.2, -0.15) is 0 Å². The monoisotopic (exact) mass is 278 g/mol. The summed E-state index contributed by atoms with van der Waals surface area (Å²) in [6, 6.07) is 5.85. The van der Waals surface area contributed by atoms with Crippen molar-refractivity contribution in [3.8, 4) is 0 Å². The summed E-state index contributed by atoms with van der Waals surface area (Å²) in [7, 11) is 0. The molecule has 1 aliphatic rings. The van der Waals surface area contributed by atoms with Gasteiger partial charge in [0.05, 0.1) is 4.92 Å². The van der Waals surface area contributed by atoms with Crippen molar-refractivity contribution in [2.75, 3.05) is 38.0 Å². The quantitative estimate of drug-likeness (QED) is 0.615. The van der Waals surface area contributed by atoms with Crippen LogP contribution in [0.2, 0.25) is 0 Å². The number of non-ortho nitro benzene ring substituents is 1. The Kier molecular flexibility index (Phi) is 5.03. The Bertz CT molecular complexity index is 469. The van der Waals surface area contributed by atoms with Gasteiger partial charge in [0.15, 0.2) is 0 Å². The van der Waals surface area contributed by atoms with Crippen LogP contribution in [0.5, 0.6) is 0 Å². The Balaban J connectivity index is 1.77. The van der Waals surface area contributed by atoms with Crippen LogP contribution in [-0.2, 0) is 4.79 Å². The van der Waals surface area contributed by atoms with Gasteiger partial charge in [0, 0.05) is 57.0 Å². The molecule has 20 heavy (non-hydrogen) atoms. The highest BCUT2D eigenvalue weighted by Gasteiger charge is 2.11. The van der Waals surface area contributed by atoms with E-state index in [4.69, 9.17) is 0 Å². The zero-order valence-electron chi connectivity index (χ0n) is 11.2. The third-order valence-electron chi connectivity index (χ3n) is 3.23. The van der Waals surface area contributed by atoms with E-state index in [0.29, 0.717) is 12.1 Å². The predicted octanol–water partition coefficient (Wildman–Crippen LogP) is 0.829. The molecule has 1 heterocycles. The van der Waals surface area contributed by atoms with Crippen molar-refractivity contribution in [2.45, 2.75) is 6.42 Å². The molecule has 0 atom stereocenters. The number of hydrogen-bond donors (Lipinski definition) is 2. The molecule has 2 rings (SSSR count). The smallest absolute Gasteiger partial charge is 0.269 e. The number of nitro groups is 1. The van der Waals surface area contributed by atoms with Gasteiger partial charge in [0.1, 0.15) is 0 Å². The fourth-order valence-corrected chi connectivity index (χ4v) is 2.08. The summed E-state index contributed by atoms with van der Waals surface area (Å²) in [4.78, 5) is 24.1. The van der Waals surface area contributed by atoms with Crippen LogP contribution in [0.25, 0.3) is 0 Å². The average Bonchev–Trinajstić information content (AvgIpc) is 2.47. The molecular formula is C13H18N4O3. The molecule has 1 aromatic carbocycles. The number of hydrogen-bond acceptors (Lipinski definition) is 5. The van der Waals surface area contributed by atoms with Crippen molar-refractivity contribution < 1.29 is 9.72 Å². The van der Waals surface area contributed by atoms with E-state index in [1.807, 2.05) is 0 Å². The van der Waals surface area contributed by atoms with Gasteiger partial charge in [-0.05, 0) is 12.1 Å². The van der Waals surface area contributed by atoms with Gasteiger partial charge in [-0.25, -0.2) is 0 Å². The second-order valence-corrected chi connectivity index (χ2v) is 4.69. The van der Waals surface area contributed by atoms with E-state index >= 15 is 0 Å². The lowest BCUT2D eigenvalue weighted by Gasteiger charge is -2.26. The van der Waals surface area contributed by atoms with E-state index < -0.39 is 4.92 Å². The molecule has 1 aliphatic heterocycles. The minimum absolute atomic E-state index is 0.0174. The molecule has 7 nitrogen and oxygen atoms in total. The second-order valence-electron chi connectivity index (χ2n) is 4.69. The lowest BCUT2D eigenvalue weighted by atomic mass is 10.2. The summed E-state index contributed by atoms with van der Waals surface area (Å²) < 4.78 is 0. The summed E-state index contributed by atoms with van der Waals surface area (Å²) in [5, 5.41) is 16.5. The highest BCUT2D eigenvalue weighted by atomic mass is 16.6. The minimum Gasteiger partial charge on any atom is -0.326 e. The van der Waals surface area contributed by atoms with E-state index in [1.165, 1.54) is 12.1 Å². The highest BCUT2D eigenvalue weighted by Crippen LogP contribution is 2.15. The number of nitro benzene ring substituents is 1. The van der Waals surface area contributed by atoms with Crippen molar-refractivity contribution >= 4 is 17.3 Å². The minimum atomic E-state index is -0.462. The van der Waals surface area contributed by atoms with Crippen LogP contribution in [0.4, 0.5) is 11.4 Å². The normalized spacial score (nSPS) is 15.8. The molecule has 0 radical (unpaired) electrons. The number of rotatable bonds is 5. The van der Waals surface area contributed by atoms with Crippen LogP contribution in [-0.4, -0.2) is 48.5 Å². The van der Waals surface area contributed by atoms with Gasteiger partial charge >= 0.3 is 0 Å². The zero-order chi connectivity index (χ0) is 14.4. The van der Waals surface area contributed by atoms with Crippen LogP contribution in [0.1, 0.15) is 6.42 Å². The average molecular weight is 278 g/mol. The molecule has 0 unspecified atom stereocenters. The van der Waals surface area contributed by atoms with Gasteiger partial charge in [0.25, 0.3) is 5.69 Å². The number of nitrogens with zero attached hydrogens (tertiary/aromatic N) is 2. The largest absolute Gasteiger partial charge is 0.326 e. The lowest BCUT2D eigenvalue weighted by Crippen LogP contribution is -2.44. The first-order valence-corrected chi connectivity index (χ1v) is 6.62. The first kappa shape index (κ1) is 14.4. The number of carbonyl (C=O) groups is 1. The van der Waals surface area contributed by atoms with E-state index in [9.17, 15) is 14.9 Å². The van der Waals surface area contributed by atoms with E-state index in [2.05, 4.69) is 15.5 Å². The van der Waals surface area contributed by atoms with Crippen molar-refractivity contribution in [2.24, 2.45) is 0 Å². The van der Waals surface area contributed by atoms with Crippen LogP contribution in [0.15, 0.2) is 24.3 Å². The second kappa shape index (κ2) is 6.97. The van der Waals surface area contributed by atoms with E-state index in [-0.39, 0.29) is 11.6 Å². The SMILES string of the molecule is O=C(CCN1CCNCC1)Nc1ccc([N+](=O)[O-])cc1. The van der Waals surface area contributed by atoms with E-state index in [1.54, 1.807) is 12.1 Å². The Hall–Kier alpha value is -1.99. The molecule has 0 aromatic heterocycles. The number of benzene rings is 1. The van der Waals surface area contributed by atoms with E-state index in [0.717, 1.165) is 32.7 Å². The summed E-state index contributed by atoms with van der Waals surface area (Å²) in [5.74, 6) is -0.0719. The van der Waals surface area contributed by atoms with Gasteiger partial charge in [0.2, 0.25) is 5.91 Å². The topological polar surface area (TPSA) is 87.5 Å². The fraction of sp³-hybridized carbons (Fsp3) is 0.462. The van der Waals surface area contributed by atoms with Crippen molar-refractivity contribution in [1.82, 2.24) is 10.2 Å². The molecule has 0 spiro atoms. The summed E-state index contributed by atoms with van der Waals surface area (Å²) in [6.07, 6.45) is 0.428. The number of amides is 1. The number of nitrogens with one attached hydrogen (secondary N) is 2. The number of anilines is 1. The molecule has 1 saturated heterocycles. The number of carbonyl (C=O) groups excluding carboxylic acids is 1. The molecule has 0 bridgehead atoms. The van der Waals surface area contributed by atoms with Gasteiger partial charge in [-0.15, -0.1) is 0 Å². The zero-order valence-corrected chi connectivity index (χ0v) is 11.2. The Morgan fingerprint density at radius 3 is 2.55 bits per heavy atom. The molecular weight excluding hydrogens is 260 g/mol. The molecule has 1 aromatic rings. The summed E-state index contributed by atoms with van der Waals surface area (Å²) >= 11 is 0. The molecule has 0 saturated carbocycles. The Morgan fingerprint density at radius 1 is 1.30 bits per heavy atom. The van der Waals surface area contributed by atoms with Gasteiger partial charge in [-0.3, -0.25) is 14.9 Å². The van der Waals surface area contributed by atoms with Gasteiger partial charge in [-0.1, -0.05) is 0 Å². The molecule has 0 aliphatic carbocycles.